The molecule has 4 rings (SSSR count). The van der Waals surface area contributed by atoms with Crippen molar-refractivity contribution in [2.45, 2.75) is 25.7 Å². The highest BCUT2D eigenvalue weighted by molar-refractivity contribution is 6.11. The maximum Gasteiger partial charge on any atom is 0.323 e. The molecule has 0 unspecified atom stereocenters. The van der Waals surface area contributed by atoms with Crippen LogP contribution in [0, 0.1) is 0 Å². The fourth-order valence-electron chi connectivity index (χ4n) is 3.58. The number of aryl methyl sites for hydroxylation is 1. The number of hydrogen-bond donors (Lipinski definition) is 3. The Morgan fingerprint density at radius 2 is 1.75 bits per heavy atom. The summed E-state index contributed by atoms with van der Waals surface area (Å²) in [5, 5.41) is 2.85. The molecule has 1 fully saturated rings. The van der Waals surface area contributed by atoms with E-state index in [1.807, 2.05) is 29.2 Å². The van der Waals surface area contributed by atoms with E-state index in [1.165, 1.54) is 0 Å². The quantitative estimate of drug-likeness (QED) is 0.637. The largest absolute Gasteiger partial charge is 0.343 e. The molecule has 2 aromatic carbocycles. The molecular formula is C21H22N4O3. The minimum atomic E-state index is -0.344. The molecule has 28 heavy (non-hydrogen) atoms. The molecule has 1 saturated heterocycles. The van der Waals surface area contributed by atoms with Crippen molar-refractivity contribution in [1.82, 2.24) is 14.9 Å². The number of anilines is 1. The monoisotopic (exact) mass is 378 g/mol. The van der Waals surface area contributed by atoms with Crippen LogP contribution in [0.5, 0.6) is 0 Å². The number of benzene rings is 2. The lowest BCUT2D eigenvalue weighted by Gasteiger charge is -2.15. The van der Waals surface area contributed by atoms with Crippen molar-refractivity contribution in [1.29, 1.82) is 0 Å². The Bertz CT molecular complexity index is 1060. The van der Waals surface area contributed by atoms with Gasteiger partial charge in [0.25, 0.3) is 5.91 Å². The first-order valence-electron chi connectivity index (χ1n) is 9.49. The predicted octanol–water partition coefficient (Wildman–Crippen LogP) is 2.66. The number of carbonyl (C=O) groups is 2. The molecule has 7 nitrogen and oxygen atoms in total. The molecule has 1 aliphatic heterocycles. The van der Waals surface area contributed by atoms with Crippen LogP contribution in [0.1, 0.15) is 35.2 Å². The van der Waals surface area contributed by atoms with Gasteiger partial charge in [0.15, 0.2) is 0 Å². The van der Waals surface area contributed by atoms with Gasteiger partial charge in [0.1, 0.15) is 0 Å². The van der Waals surface area contributed by atoms with E-state index in [9.17, 15) is 14.4 Å². The summed E-state index contributed by atoms with van der Waals surface area (Å²) in [4.78, 5) is 43.4. The number of fused-ring (bicyclic) bond motifs is 1. The minimum absolute atomic E-state index is 0.212. The van der Waals surface area contributed by atoms with E-state index in [-0.39, 0.29) is 17.5 Å². The predicted molar refractivity (Wildman–Crippen MR) is 107 cm³/mol. The van der Waals surface area contributed by atoms with Gasteiger partial charge < -0.3 is 20.2 Å². The second kappa shape index (κ2) is 7.72. The van der Waals surface area contributed by atoms with Crippen molar-refractivity contribution in [2.24, 2.45) is 0 Å². The zero-order valence-electron chi connectivity index (χ0n) is 15.5. The van der Waals surface area contributed by atoms with E-state index in [2.05, 4.69) is 15.3 Å². The van der Waals surface area contributed by atoms with Crippen molar-refractivity contribution in [3.63, 3.8) is 0 Å². The molecule has 144 valence electrons. The second-order valence-electron chi connectivity index (χ2n) is 7.05. The Labute approximate surface area is 161 Å². The fourth-order valence-corrected chi connectivity index (χ4v) is 3.58. The molecule has 0 atom stereocenters. The highest BCUT2D eigenvalue weighted by atomic mass is 16.2. The third kappa shape index (κ3) is 3.83. The molecule has 3 N–H and O–H groups in total. The first-order chi connectivity index (χ1) is 13.6. The van der Waals surface area contributed by atoms with Crippen molar-refractivity contribution >= 4 is 28.5 Å². The van der Waals surface area contributed by atoms with Crippen LogP contribution in [0.2, 0.25) is 0 Å². The number of hydrogen-bond acceptors (Lipinski definition) is 3. The normalized spacial score (nSPS) is 13.8. The summed E-state index contributed by atoms with van der Waals surface area (Å²) >= 11 is 0. The zero-order chi connectivity index (χ0) is 19.5. The lowest BCUT2D eigenvalue weighted by Crippen LogP contribution is -2.27. The highest BCUT2D eigenvalue weighted by Crippen LogP contribution is 2.17. The van der Waals surface area contributed by atoms with Gasteiger partial charge in [-0.05, 0) is 49.1 Å². The van der Waals surface area contributed by atoms with Crippen molar-refractivity contribution < 1.29 is 9.59 Å². The van der Waals surface area contributed by atoms with Gasteiger partial charge in [-0.1, -0.05) is 18.2 Å². The first-order valence-corrected chi connectivity index (χ1v) is 9.49. The van der Waals surface area contributed by atoms with Crippen LogP contribution in [-0.2, 0) is 11.2 Å². The standard InChI is InChI=1S/C21H22N4O3/c26-18(25-12-1-2-13-25)11-8-14-6-9-15(10-7-14)22-20(27)16-4-3-5-17-19(16)24-21(28)23-17/h3-7,9-10H,1-2,8,11-13H2,(H,22,27)(H2,23,24,28). The third-order valence-electron chi connectivity index (χ3n) is 5.09. The lowest BCUT2D eigenvalue weighted by atomic mass is 10.1. The van der Waals surface area contributed by atoms with E-state index < -0.39 is 0 Å². The third-order valence-corrected chi connectivity index (χ3v) is 5.09. The number of H-pyrrole nitrogens is 2. The van der Waals surface area contributed by atoms with Gasteiger partial charge >= 0.3 is 5.69 Å². The number of rotatable bonds is 5. The van der Waals surface area contributed by atoms with Crippen LogP contribution in [0.15, 0.2) is 47.3 Å². The van der Waals surface area contributed by atoms with Gasteiger partial charge in [-0.25, -0.2) is 4.79 Å². The molecule has 1 aromatic heterocycles. The van der Waals surface area contributed by atoms with Gasteiger partial charge in [0, 0.05) is 25.2 Å². The Morgan fingerprint density at radius 1 is 1.00 bits per heavy atom. The van der Waals surface area contributed by atoms with Crippen LogP contribution < -0.4 is 11.0 Å². The molecule has 0 radical (unpaired) electrons. The molecule has 0 aliphatic carbocycles. The van der Waals surface area contributed by atoms with Gasteiger partial charge in [-0.2, -0.15) is 0 Å². The number of likely N-dealkylation sites (tertiary alicyclic amines) is 1. The molecule has 0 saturated carbocycles. The Hall–Kier alpha value is -3.35. The lowest BCUT2D eigenvalue weighted by molar-refractivity contribution is -0.130. The summed E-state index contributed by atoms with van der Waals surface area (Å²) in [7, 11) is 0. The summed E-state index contributed by atoms with van der Waals surface area (Å²) in [5.41, 5.74) is 2.86. The molecule has 0 spiro atoms. The summed E-state index contributed by atoms with van der Waals surface area (Å²) in [5.74, 6) is -0.0821. The van der Waals surface area contributed by atoms with Crippen LogP contribution >= 0.6 is 0 Å². The summed E-state index contributed by atoms with van der Waals surface area (Å²) in [6, 6.07) is 12.6. The maximum atomic E-state index is 12.6. The topological polar surface area (TPSA) is 98.1 Å². The number of nitrogens with zero attached hydrogens (tertiary/aromatic N) is 1. The van der Waals surface area contributed by atoms with Gasteiger partial charge in [0.2, 0.25) is 5.91 Å². The van der Waals surface area contributed by atoms with Crippen LogP contribution in [0.3, 0.4) is 0 Å². The van der Waals surface area contributed by atoms with E-state index in [0.29, 0.717) is 35.1 Å². The second-order valence-corrected chi connectivity index (χ2v) is 7.05. The summed E-state index contributed by atoms with van der Waals surface area (Å²) in [6.07, 6.45) is 3.40. The number of imidazole rings is 1. The molecule has 2 amide bonds. The minimum Gasteiger partial charge on any atom is -0.343 e. The molecule has 2 heterocycles. The number of nitrogens with one attached hydrogen (secondary N) is 3. The number of aromatic amines is 2. The first kappa shape index (κ1) is 18.0. The van der Waals surface area contributed by atoms with E-state index in [1.54, 1.807) is 18.2 Å². The van der Waals surface area contributed by atoms with E-state index >= 15 is 0 Å². The van der Waals surface area contributed by atoms with Crippen LogP contribution in [0.4, 0.5) is 5.69 Å². The fraction of sp³-hybridized carbons (Fsp3) is 0.286. The van der Waals surface area contributed by atoms with Crippen molar-refractivity contribution in [3.05, 3.63) is 64.1 Å². The van der Waals surface area contributed by atoms with Crippen LogP contribution in [0.25, 0.3) is 11.0 Å². The molecule has 3 aromatic rings. The average Bonchev–Trinajstić information content (AvgIpc) is 3.35. The molecule has 1 aliphatic rings. The van der Waals surface area contributed by atoms with Gasteiger partial charge in [-0.15, -0.1) is 0 Å². The smallest absolute Gasteiger partial charge is 0.323 e. The summed E-state index contributed by atoms with van der Waals surface area (Å²) in [6.45, 7) is 1.76. The van der Waals surface area contributed by atoms with E-state index in [0.717, 1.165) is 31.5 Å². The SMILES string of the molecule is O=C(Nc1ccc(CCC(=O)N2CCCC2)cc1)c1cccc2[nH]c(=O)[nH]c12. The number of aromatic nitrogens is 2. The zero-order valence-corrected chi connectivity index (χ0v) is 15.5. The van der Waals surface area contributed by atoms with Gasteiger partial charge in [-0.3, -0.25) is 9.59 Å². The Balaban J connectivity index is 1.39. The number of amides is 2. The van der Waals surface area contributed by atoms with Gasteiger partial charge in [0.05, 0.1) is 16.6 Å². The van der Waals surface area contributed by atoms with Crippen molar-refractivity contribution in [3.8, 4) is 0 Å². The number of carbonyl (C=O) groups excluding carboxylic acids is 2. The van der Waals surface area contributed by atoms with Crippen molar-refractivity contribution in [2.75, 3.05) is 18.4 Å². The Morgan fingerprint density at radius 3 is 2.50 bits per heavy atom. The molecular weight excluding hydrogens is 356 g/mol. The average molecular weight is 378 g/mol. The Kier molecular flexibility index (Phi) is 4.97. The number of para-hydroxylation sites is 1. The summed E-state index contributed by atoms with van der Waals surface area (Å²) < 4.78 is 0. The molecule has 0 bridgehead atoms. The van der Waals surface area contributed by atoms with E-state index in [4.69, 9.17) is 0 Å². The molecule has 7 heteroatoms. The highest BCUT2D eigenvalue weighted by Gasteiger charge is 2.17. The maximum absolute atomic E-state index is 12.6. The van der Waals surface area contributed by atoms with Crippen LogP contribution in [-0.4, -0.2) is 39.8 Å².